The first kappa shape index (κ1) is 8.04. The van der Waals surface area contributed by atoms with Crippen LogP contribution in [-0.2, 0) is 14.3 Å². The Morgan fingerprint density at radius 3 is 2.79 bits per heavy atom. The van der Waals surface area contributed by atoms with Crippen LogP contribution in [0.1, 0.15) is 8.30 Å². The molecule has 1 rings (SSSR count). The molecule has 0 amide bonds. The van der Waals surface area contributed by atoms with Crippen molar-refractivity contribution in [3.63, 3.8) is 0 Å². The van der Waals surface area contributed by atoms with Gasteiger partial charge in [-0.15, -0.1) is 6.40 Å². The maximum atomic E-state index is 11.6. The summed E-state index contributed by atoms with van der Waals surface area (Å²) in [5, 5.41) is 0. The van der Waals surface area contributed by atoms with Crippen molar-refractivity contribution >= 4 is 10.1 Å². The SMILES string of the molecule is [2H]C#CC([2H])OS(=O)(=O)c1ccc(C)cc1. The van der Waals surface area contributed by atoms with Gasteiger partial charge in [0.1, 0.15) is 7.95 Å². The summed E-state index contributed by atoms with van der Waals surface area (Å²) in [7, 11) is -3.97. The van der Waals surface area contributed by atoms with Gasteiger partial charge in [0.25, 0.3) is 10.1 Å². The van der Waals surface area contributed by atoms with Gasteiger partial charge in [-0.2, -0.15) is 8.42 Å². The maximum absolute atomic E-state index is 11.6. The van der Waals surface area contributed by atoms with Gasteiger partial charge in [-0.25, -0.2) is 0 Å². The molecule has 1 unspecified atom stereocenters. The first-order valence-corrected chi connectivity index (χ1v) is 5.21. The lowest BCUT2D eigenvalue weighted by atomic mass is 10.2. The Kier molecular flexibility index (Phi) is 2.45. The quantitative estimate of drug-likeness (QED) is 0.561. The molecule has 74 valence electrons. The van der Waals surface area contributed by atoms with Crippen LogP contribution in [0.4, 0.5) is 0 Å². The Morgan fingerprint density at radius 1 is 1.57 bits per heavy atom. The molecule has 0 aliphatic rings. The van der Waals surface area contributed by atoms with E-state index in [4.69, 9.17) is 2.74 Å². The van der Waals surface area contributed by atoms with Crippen molar-refractivity contribution in [2.45, 2.75) is 11.8 Å². The first-order chi connectivity index (χ1) is 7.45. The van der Waals surface area contributed by atoms with E-state index in [1.807, 2.05) is 12.8 Å². The summed E-state index contributed by atoms with van der Waals surface area (Å²) in [5.74, 6) is 1.96. The molecule has 3 nitrogen and oxygen atoms in total. The van der Waals surface area contributed by atoms with Crippen LogP contribution in [0.3, 0.4) is 0 Å². The molecule has 0 saturated carbocycles. The maximum Gasteiger partial charge on any atom is 0.297 e. The highest BCUT2D eigenvalue weighted by molar-refractivity contribution is 7.86. The van der Waals surface area contributed by atoms with Crippen LogP contribution in [0.5, 0.6) is 0 Å². The van der Waals surface area contributed by atoms with Crippen molar-refractivity contribution in [3.05, 3.63) is 29.8 Å². The fourth-order valence-corrected chi connectivity index (χ4v) is 1.60. The highest BCUT2D eigenvalue weighted by Crippen LogP contribution is 2.12. The second-order valence-electron chi connectivity index (χ2n) is 2.63. The zero-order valence-corrected chi connectivity index (χ0v) is 8.34. The molecule has 0 radical (unpaired) electrons. The third-order valence-electron chi connectivity index (χ3n) is 1.54. The molecule has 0 spiro atoms. The van der Waals surface area contributed by atoms with E-state index in [9.17, 15) is 8.42 Å². The van der Waals surface area contributed by atoms with Crippen LogP contribution in [-0.4, -0.2) is 15.0 Å². The minimum absolute atomic E-state index is 0.0258. The fourth-order valence-electron chi connectivity index (χ4n) is 0.848. The topological polar surface area (TPSA) is 43.4 Å². The van der Waals surface area contributed by atoms with Crippen molar-refractivity contribution < 1.29 is 15.3 Å². The van der Waals surface area contributed by atoms with Gasteiger partial charge < -0.3 is 0 Å². The lowest BCUT2D eigenvalue weighted by molar-refractivity contribution is 0.363. The van der Waals surface area contributed by atoms with Crippen molar-refractivity contribution in [2.24, 2.45) is 0 Å². The van der Waals surface area contributed by atoms with Crippen LogP contribution in [0.2, 0.25) is 0 Å². The molecule has 1 atom stereocenters. The van der Waals surface area contributed by atoms with Crippen LogP contribution in [0, 0.1) is 19.2 Å². The molecule has 0 saturated heterocycles. The summed E-state index contributed by atoms with van der Waals surface area (Å²) in [6.45, 7) is 0.264. The standard InChI is InChI=1S/C10H10O3S/c1-3-8-13-14(11,12)10-6-4-9(2)5-7-10/h1,4-7H,8H2,2H3/i1D,8D. The van der Waals surface area contributed by atoms with Crippen molar-refractivity contribution in [1.29, 1.82) is 0 Å². The van der Waals surface area contributed by atoms with Crippen LogP contribution in [0.15, 0.2) is 29.2 Å². The number of terminal acetylenes is 1. The Labute approximate surface area is 86.6 Å². The molecule has 0 aliphatic heterocycles. The summed E-state index contributed by atoms with van der Waals surface area (Å²) in [5.41, 5.74) is 0.923. The van der Waals surface area contributed by atoms with Gasteiger partial charge in [0, 0.05) is 0 Å². The molecule has 0 fully saturated rings. The molecule has 1 aromatic carbocycles. The average molecular weight is 212 g/mol. The molecule has 0 bridgehead atoms. The Hall–Kier alpha value is -1.31. The second-order valence-corrected chi connectivity index (χ2v) is 4.20. The van der Waals surface area contributed by atoms with E-state index < -0.39 is 16.7 Å². The van der Waals surface area contributed by atoms with Gasteiger partial charge in [-0.1, -0.05) is 23.6 Å². The van der Waals surface area contributed by atoms with Crippen LogP contribution < -0.4 is 0 Å². The van der Waals surface area contributed by atoms with E-state index in [1.165, 1.54) is 12.1 Å². The minimum Gasteiger partial charge on any atom is -0.253 e. The van der Waals surface area contributed by atoms with Crippen molar-refractivity contribution in [3.8, 4) is 12.3 Å². The van der Waals surface area contributed by atoms with Gasteiger partial charge >= 0.3 is 0 Å². The van der Waals surface area contributed by atoms with Crippen molar-refractivity contribution in [1.82, 2.24) is 0 Å². The first-order valence-electron chi connectivity index (χ1n) is 4.88. The lowest BCUT2D eigenvalue weighted by Gasteiger charge is -2.02. The number of hydrogen-bond acceptors (Lipinski definition) is 3. The Bertz CT molecular complexity index is 511. The van der Waals surface area contributed by atoms with E-state index in [0.717, 1.165) is 5.56 Å². The summed E-state index contributed by atoms with van der Waals surface area (Å²) >= 11 is 0. The summed E-state index contributed by atoms with van der Waals surface area (Å²) < 4.78 is 41.2. The van der Waals surface area contributed by atoms with E-state index in [1.54, 1.807) is 18.5 Å². The monoisotopic (exact) mass is 212 g/mol. The molecule has 0 heterocycles. The molecule has 14 heavy (non-hydrogen) atoms. The zero-order valence-electron chi connectivity index (χ0n) is 9.52. The lowest BCUT2D eigenvalue weighted by Crippen LogP contribution is -2.06. The smallest absolute Gasteiger partial charge is 0.253 e. The Balaban J connectivity index is 2.93. The second kappa shape index (κ2) is 4.27. The number of benzene rings is 1. The third-order valence-corrected chi connectivity index (χ3v) is 2.74. The van der Waals surface area contributed by atoms with E-state index >= 15 is 0 Å². The molecule has 0 aliphatic carbocycles. The minimum atomic E-state index is -3.97. The number of hydrogen-bond donors (Lipinski definition) is 0. The van der Waals surface area contributed by atoms with E-state index in [-0.39, 0.29) is 4.90 Å². The summed E-state index contributed by atoms with van der Waals surface area (Å²) in [6.07, 6.45) is 1.67. The number of aryl methyl sites for hydroxylation is 1. The molecule has 1 aromatic rings. The third kappa shape index (κ3) is 2.59. The zero-order chi connectivity index (χ0) is 12.2. The van der Waals surface area contributed by atoms with E-state index in [0.29, 0.717) is 0 Å². The summed E-state index contributed by atoms with van der Waals surface area (Å²) in [4.78, 5) is -0.0258. The van der Waals surface area contributed by atoms with E-state index in [2.05, 4.69) is 4.18 Å². The van der Waals surface area contributed by atoms with Crippen LogP contribution >= 0.6 is 0 Å². The van der Waals surface area contributed by atoms with Crippen molar-refractivity contribution in [2.75, 3.05) is 6.58 Å². The highest BCUT2D eigenvalue weighted by Gasteiger charge is 2.13. The predicted molar refractivity (Wildman–Crippen MR) is 53.1 cm³/mol. The molecular formula is C10H10O3S. The largest absolute Gasteiger partial charge is 0.297 e. The molecule has 0 N–H and O–H groups in total. The predicted octanol–water partition coefficient (Wildman–Crippen LogP) is 1.33. The molecular weight excluding hydrogens is 200 g/mol. The van der Waals surface area contributed by atoms with Gasteiger partial charge in [0.2, 0.25) is 0 Å². The van der Waals surface area contributed by atoms with Gasteiger partial charge in [0.15, 0.2) is 0 Å². The van der Waals surface area contributed by atoms with Crippen LogP contribution in [0.25, 0.3) is 0 Å². The van der Waals surface area contributed by atoms with Gasteiger partial charge in [0.05, 0.1) is 6.27 Å². The Morgan fingerprint density at radius 2 is 2.21 bits per heavy atom. The molecule has 0 aromatic heterocycles. The van der Waals surface area contributed by atoms with Gasteiger partial charge in [-0.05, 0) is 19.1 Å². The fraction of sp³-hybridized carbons (Fsp3) is 0.200. The van der Waals surface area contributed by atoms with Gasteiger partial charge in [-0.3, -0.25) is 4.18 Å². The normalized spacial score (nSPS) is 14.6. The number of rotatable bonds is 3. The highest BCUT2D eigenvalue weighted by atomic mass is 32.2. The summed E-state index contributed by atoms with van der Waals surface area (Å²) in [6, 6.07) is 6.05. The average Bonchev–Trinajstić information content (AvgIpc) is 2.17. The molecule has 4 heteroatoms.